The Kier molecular flexibility index (Phi) is 3.04. The van der Waals surface area contributed by atoms with Gasteiger partial charge >= 0.3 is 0 Å². The van der Waals surface area contributed by atoms with E-state index in [4.69, 9.17) is 0 Å². The number of fused-ring (bicyclic) bond motifs is 3. The summed E-state index contributed by atoms with van der Waals surface area (Å²) in [5.41, 5.74) is 4.14. The van der Waals surface area contributed by atoms with Gasteiger partial charge in [0.05, 0.1) is 16.7 Å². The molecule has 0 N–H and O–H groups in total. The van der Waals surface area contributed by atoms with Gasteiger partial charge in [-0.1, -0.05) is 18.2 Å². The summed E-state index contributed by atoms with van der Waals surface area (Å²) in [4.78, 5) is 17.2. The average molecular weight is 401 g/mol. The molecule has 0 radical (unpaired) electrons. The van der Waals surface area contributed by atoms with Crippen LogP contribution in [0, 0.1) is 10.5 Å². The Morgan fingerprint density at radius 1 is 1.09 bits per heavy atom. The molecule has 0 aliphatic carbocycles. The van der Waals surface area contributed by atoms with E-state index in [1.165, 1.54) is 0 Å². The summed E-state index contributed by atoms with van der Waals surface area (Å²) in [7, 11) is 0. The van der Waals surface area contributed by atoms with E-state index in [-0.39, 0.29) is 5.56 Å². The fraction of sp³-hybridized carbons (Fsp3) is 0.0588. The number of benzene rings is 2. The van der Waals surface area contributed by atoms with Gasteiger partial charge in [-0.2, -0.15) is 0 Å². The fourth-order valence-corrected chi connectivity index (χ4v) is 3.27. The van der Waals surface area contributed by atoms with E-state index in [0.29, 0.717) is 5.65 Å². The Hall–Kier alpha value is -2.15. The zero-order chi connectivity index (χ0) is 15.3. The van der Waals surface area contributed by atoms with Crippen LogP contribution in [0.25, 0.3) is 22.4 Å². The highest BCUT2D eigenvalue weighted by Crippen LogP contribution is 2.22. The SMILES string of the molecule is Cc1ccccc1-n1c(=O)c2nccn2c2ccc(I)cc21. The highest BCUT2D eigenvalue weighted by atomic mass is 127. The molecule has 0 unspecified atom stereocenters. The second-order valence-electron chi connectivity index (χ2n) is 5.18. The second-order valence-corrected chi connectivity index (χ2v) is 6.43. The van der Waals surface area contributed by atoms with Gasteiger partial charge in [-0.05, 0) is 59.3 Å². The molecular formula is C17H12IN3O. The van der Waals surface area contributed by atoms with Crippen LogP contribution in [0.15, 0.2) is 59.7 Å². The summed E-state index contributed by atoms with van der Waals surface area (Å²) >= 11 is 2.27. The van der Waals surface area contributed by atoms with Crippen LogP contribution >= 0.6 is 22.6 Å². The lowest BCUT2D eigenvalue weighted by Gasteiger charge is -2.14. The highest BCUT2D eigenvalue weighted by molar-refractivity contribution is 14.1. The van der Waals surface area contributed by atoms with Gasteiger partial charge in [-0.15, -0.1) is 0 Å². The molecule has 0 aliphatic heterocycles. The maximum atomic E-state index is 12.9. The Morgan fingerprint density at radius 2 is 1.91 bits per heavy atom. The van der Waals surface area contributed by atoms with E-state index in [1.807, 2.05) is 60.0 Å². The molecular weight excluding hydrogens is 389 g/mol. The summed E-state index contributed by atoms with van der Waals surface area (Å²) in [5.74, 6) is 0. The molecule has 108 valence electrons. The number of rotatable bonds is 1. The van der Waals surface area contributed by atoms with Gasteiger partial charge in [0.2, 0.25) is 5.65 Å². The third kappa shape index (κ3) is 1.89. The predicted octanol–water partition coefficient (Wildman–Crippen LogP) is 3.55. The molecule has 0 amide bonds. The molecule has 2 aromatic carbocycles. The van der Waals surface area contributed by atoms with Crippen molar-refractivity contribution in [2.24, 2.45) is 0 Å². The maximum Gasteiger partial charge on any atom is 0.299 e. The molecule has 0 bridgehead atoms. The van der Waals surface area contributed by atoms with Crippen LogP contribution < -0.4 is 5.56 Å². The van der Waals surface area contributed by atoms with Gasteiger partial charge in [0.25, 0.3) is 5.56 Å². The summed E-state index contributed by atoms with van der Waals surface area (Å²) in [5, 5.41) is 0. The third-order valence-corrected chi connectivity index (χ3v) is 4.50. The zero-order valence-corrected chi connectivity index (χ0v) is 14.0. The molecule has 4 aromatic rings. The van der Waals surface area contributed by atoms with E-state index >= 15 is 0 Å². The molecule has 0 saturated heterocycles. The maximum absolute atomic E-state index is 12.9. The number of imidazole rings is 1. The molecule has 4 rings (SSSR count). The molecule has 0 aliphatic rings. The van der Waals surface area contributed by atoms with Crippen molar-refractivity contribution in [3.05, 3.63) is 74.3 Å². The number of hydrogen-bond acceptors (Lipinski definition) is 2. The van der Waals surface area contributed by atoms with E-state index in [0.717, 1.165) is 25.9 Å². The highest BCUT2D eigenvalue weighted by Gasteiger charge is 2.14. The van der Waals surface area contributed by atoms with Gasteiger partial charge in [-0.3, -0.25) is 13.8 Å². The number of para-hydroxylation sites is 1. The molecule has 0 spiro atoms. The van der Waals surface area contributed by atoms with Gasteiger partial charge < -0.3 is 0 Å². The average Bonchev–Trinajstić information content (AvgIpc) is 2.99. The normalized spacial score (nSPS) is 11.4. The number of hydrogen-bond donors (Lipinski definition) is 0. The fourth-order valence-electron chi connectivity index (χ4n) is 2.80. The monoisotopic (exact) mass is 401 g/mol. The smallest absolute Gasteiger partial charge is 0.294 e. The quantitative estimate of drug-likeness (QED) is 0.458. The van der Waals surface area contributed by atoms with Crippen molar-refractivity contribution >= 4 is 39.3 Å². The first-order chi connectivity index (χ1) is 10.7. The minimum absolute atomic E-state index is 0.103. The van der Waals surface area contributed by atoms with Gasteiger partial charge in [-0.25, -0.2) is 4.98 Å². The number of aromatic nitrogens is 3. The lowest BCUT2D eigenvalue weighted by molar-refractivity contribution is 1.00. The van der Waals surface area contributed by atoms with E-state index < -0.39 is 0 Å². The van der Waals surface area contributed by atoms with E-state index in [2.05, 4.69) is 27.6 Å². The first-order valence-electron chi connectivity index (χ1n) is 6.90. The van der Waals surface area contributed by atoms with Crippen LogP contribution in [0.3, 0.4) is 0 Å². The van der Waals surface area contributed by atoms with Crippen molar-refractivity contribution < 1.29 is 0 Å². The second kappa shape index (κ2) is 4.95. The summed E-state index contributed by atoms with van der Waals surface area (Å²) < 4.78 is 4.70. The van der Waals surface area contributed by atoms with Gasteiger partial charge in [0.1, 0.15) is 0 Å². The van der Waals surface area contributed by atoms with Crippen molar-refractivity contribution in [3.63, 3.8) is 0 Å². The molecule has 22 heavy (non-hydrogen) atoms. The third-order valence-electron chi connectivity index (χ3n) is 3.83. The van der Waals surface area contributed by atoms with Crippen molar-refractivity contribution in [2.45, 2.75) is 6.92 Å². The Labute approximate surface area is 140 Å². The zero-order valence-electron chi connectivity index (χ0n) is 11.8. The summed E-state index contributed by atoms with van der Waals surface area (Å²) in [6.07, 6.45) is 3.49. The van der Waals surface area contributed by atoms with Gasteiger partial charge in [0, 0.05) is 16.0 Å². The molecule has 5 heteroatoms. The first kappa shape index (κ1) is 13.5. The van der Waals surface area contributed by atoms with Crippen LogP contribution in [0.5, 0.6) is 0 Å². The summed E-state index contributed by atoms with van der Waals surface area (Å²) in [6, 6.07) is 14.0. The van der Waals surface area contributed by atoms with Crippen LogP contribution in [0.4, 0.5) is 0 Å². The minimum Gasteiger partial charge on any atom is -0.294 e. The lowest BCUT2D eigenvalue weighted by atomic mass is 10.2. The van der Waals surface area contributed by atoms with Crippen LogP contribution in [0.2, 0.25) is 0 Å². The van der Waals surface area contributed by atoms with Crippen LogP contribution in [-0.2, 0) is 0 Å². The molecule has 0 atom stereocenters. The molecule has 0 saturated carbocycles. The lowest BCUT2D eigenvalue weighted by Crippen LogP contribution is -2.22. The number of aryl methyl sites for hydroxylation is 1. The number of halogens is 1. The Balaban J connectivity index is 2.29. The first-order valence-corrected chi connectivity index (χ1v) is 7.98. The van der Waals surface area contributed by atoms with Crippen molar-refractivity contribution in [2.75, 3.05) is 0 Å². The van der Waals surface area contributed by atoms with Crippen LogP contribution in [0.1, 0.15) is 5.56 Å². The Morgan fingerprint density at radius 3 is 2.73 bits per heavy atom. The Bertz CT molecular complexity index is 1080. The van der Waals surface area contributed by atoms with Crippen LogP contribution in [-0.4, -0.2) is 14.0 Å². The standard InChI is InChI=1S/C17H12IN3O/c1-11-4-2-3-5-13(11)21-15-10-12(18)6-7-14(15)20-9-8-19-16(20)17(21)22/h2-10H,1H3. The predicted molar refractivity (Wildman–Crippen MR) is 95.7 cm³/mol. The largest absolute Gasteiger partial charge is 0.299 e. The summed E-state index contributed by atoms with van der Waals surface area (Å²) in [6.45, 7) is 2.01. The number of nitrogens with zero attached hydrogens (tertiary/aromatic N) is 3. The van der Waals surface area contributed by atoms with E-state index in [9.17, 15) is 4.79 Å². The molecule has 2 aromatic heterocycles. The van der Waals surface area contributed by atoms with Crippen molar-refractivity contribution in [3.8, 4) is 5.69 Å². The van der Waals surface area contributed by atoms with Crippen molar-refractivity contribution in [1.29, 1.82) is 0 Å². The topological polar surface area (TPSA) is 39.3 Å². The van der Waals surface area contributed by atoms with Crippen molar-refractivity contribution in [1.82, 2.24) is 14.0 Å². The molecule has 4 nitrogen and oxygen atoms in total. The molecule has 2 heterocycles. The molecule has 0 fully saturated rings. The van der Waals surface area contributed by atoms with Gasteiger partial charge in [0.15, 0.2) is 0 Å². The minimum atomic E-state index is -0.103. The van der Waals surface area contributed by atoms with E-state index in [1.54, 1.807) is 10.8 Å².